The van der Waals surface area contributed by atoms with Crippen LogP contribution in [-0.2, 0) is 6.54 Å². The Kier molecular flexibility index (Phi) is 2.98. The summed E-state index contributed by atoms with van der Waals surface area (Å²) in [6, 6.07) is 10.3. The first-order valence-electron chi connectivity index (χ1n) is 5.59. The molecule has 1 N–H and O–H groups in total. The van der Waals surface area contributed by atoms with E-state index in [0.29, 0.717) is 5.78 Å². The molecule has 1 aromatic carbocycles. The monoisotopic (exact) mass is 302 g/mol. The molecule has 2 aromatic heterocycles. The SMILES string of the molecule is Brc1cnc2ncc(NCc3ccccc3)cn12. The third-order valence-electron chi connectivity index (χ3n) is 2.66. The van der Waals surface area contributed by atoms with Crippen LogP contribution in [0.2, 0.25) is 0 Å². The van der Waals surface area contributed by atoms with Gasteiger partial charge in [0, 0.05) is 12.7 Å². The first-order valence-corrected chi connectivity index (χ1v) is 6.38. The van der Waals surface area contributed by atoms with Gasteiger partial charge in [-0.05, 0) is 21.5 Å². The maximum atomic E-state index is 4.27. The summed E-state index contributed by atoms with van der Waals surface area (Å²) < 4.78 is 2.79. The lowest BCUT2D eigenvalue weighted by Crippen LogP contribution is -2.01. The molecule has 90 valence electrons. The molecule has 4 nitrogen and oxygen atoms in total. The Morgan fingerprint density at radius 1 is 1.11 bits per heavy atom. The fraction of sp³-hybridized carbons (Fsp3) is 0.0769. The number of fused-ring (bicyclic) bond motifs is 1. The number of benzene rings is 1. The highest BCUT2D eigenvalue weighted by Gasteiger charge is 2.02. The van der Waals surface area contributed by atoms with Gasteiger partial charge in [-0.1, -0.05) is 30.3 Å². The summed E-state index contributed by atoms with van der Waals surface area (Å²) in [5.74, 6) is 0.687. The summed E-state index contributed by atoms with van der Waals surface area (Å²) in [5, 5.41) is 3.34. The minimum absolute atomic E-state index is 0.687. The number of nitrogens with zero attached hydrogens (tertiary/aromatic N) is 3. The predicted octanol–water partition coefficient (Wildman–Crippen LogP) is 3.10. The third kappa shape index (κ3) is 2.22. The van der Waals surface area contributed by atoms with Gasteiger partial charge < -0.3 is 5.32 Å². The van der Waals surface area contributed by atoms with Gasteiger partial charge in [0.15, 0.2) is 0 Å². The lowest BCUT2D eigenvalue weighted by atomic mass is 10.2. The van der Waals surface area contributed by atoms with Crippen molar-refractivity contribution < 1.29 is 0 Å². The summed E-state index contributed by atoms with van der Waals surface area (Å²) in [7, 11) is 0. The molecule has 3 aromatic rings. The Morgan fingerprint density at radius 3 is 2.72 bits per heavy atom. The molecule has 0 amide bonds. The van der Waals surface area contributed by atoms with E-state index in [1.807, 2.05) is 28.8 Å². The van der Waals surface area contributed by atoms with E-state index in [2.05, 4.69) is 43.3 Å². The van der Waals surface area contributed by atoms with Crippen LogP contribution in [-0.4, -0.2) is 14.4 Å². The minimum Gasteiger partial charge on any atom is -0.379 e. The Bertz CT molecular complexity index is 663. The molecule has 2 heterocycles. The van der Waals surface area contributed by atoms with Crippen LogP contribution in [0.4, 0.5) is 5.69 Å². The van der Waals surface area contributed by atoms with Crippen molar-refractivity contribution in [2.75, 3.05) is 5.32 Å². The molecule has 18 heavy (non-hydrogen) atoms. The minimum atomic E-state index is 0.687. The molecule has 0 radical (unpaired) electrons. The van der Waals surface area contributed by atoms with Crippen molar-refractivity contribution in [3.8, 4) is 0 Å². The van der Waals surface area contributed by atoms with E-state index in [4.69, 9.17) is 0 Å². The second-order valence-electron chi connectivity index (χ2n) is 3.93. The predicted molar refractivity (Wildman–Crippen MR) is 74.5 cm³/mol. The topological polar surface area (TPSA) is 42.2 Å². The van der Waals surface area contributed by atoms with Gasteiger partial charge in [-0.15, -0.1) is 0 Å². The van der Waals surface area contributed by atoms with E-state index in [-0.39, 0.29) is 0 Å². The summed E-state index contributed by atoms with van der Waals surface area (Å²) >= 11 is 3.43. The Morgan fingerprint density at radius 2 is 1.89 bits per heavy atom. The van der Waals surface area contributed by atoms with Gasteiger partial charge in [0.05, 0.1) is 18.1 Å². The molecule has 0 bridgehead atoms. The highest BCUT2D eigenvalue weighted by molar-refractivity contribution is 9.10. The van der Waals surface area contributed by atoms with Crippen LogP contribution >= 0.6 is 15.9 Å². The molecular weight excluding hydrogens is 292 g/mol. The van der Waals surface area contributed by atoms with Crippen molar-refractivity contribution in [1.82, 2.24) is 14.4 Å². The third-order valence-corrected chi connectivity index (χ3v) is 3.25. The molecule has 0 atom stereocenters. The van der Waals surface area contributed by atoms with Crippen LogP contribution in [0.25, 0.3) is 5.78 Å². The number of anilines is 1. The van der Waals surface area contributed by atoms with Gasteiger partial charge in [0.25, 0.3) is 0 Å². The Balaban J connectivity index is 1.80. The van der Waals surface area contributed by atoms with Gasteiger partial charge in [-0.2, -0.15) is 0 Å². The van der Waals surface area contributed by atoms with E-state index in [1.165, 1.54) is 5.56 Å². The van der Waals surface area contributed by atoms with Crippen LogP contribution in [0.1, 0.15) is 5.56 Å². The molecule has 0 saturated carbocycles. The molecule has 0 aliphatic rings. The van der Waals surface area contributed by atoms with Crippen molar-refractivity contribution in [3.63, 3.8) is 0 Å². The fourth-order valence-electron chi connectivity index (χ4n) is 1.74. The van der Waals surface area contributed by atoms with Crippen molar-refractivity contribution in [2.24, 2.45) is 0 Å². The van der Waals surface area contributed by atoms with Crippen molar-refractivity contribution in [2.45, 2.75) is 6.54 Å². The smallest absolute Gasteiger partial charge is 0.234 e. The number of hydrogen-bond donors (Lipinski definition) is 1. The molecule has 3 rings (SSSR count). The number of hydrogen-bond acceptors (Lipinski definition) is 3. The molecular formula is C13H11BrN4. The van der Waals surface area contributed by atoms with Crippen LogP contribution in [0, 0.1) is 0 Å². The molecule has 0 aliphatic carbocycles. The average Bonchev–Trinajstić information content (AvgIpc) is 2.79. The first kappa shape index (κ1) is 11.2. The summed E-state index contributed by atoms with van der Waals surface area (Å²) in [6.45, 7) is 0.778. The van der Waals surface area contributed by atoms with Gasteiger partial charge in [0.2, 0.25) is 5.78 Å². The van der Waals surface area contributed by atoms with Gasteiger partial charge in [0.1, 0.15) is 4.60 Å². The molecule has 0 fully saturated rings. The largest absolute Gasteiger partial charge is 0.379 e. The number of aromatic nitrogens is 3. The Hall–Kier alpha value is -1.88. The summed E-state index contributed by atoms with van der Waals surface area (Å²) in [4.78, 5) is 8.43. The summed E-state index contributed by atoms with van der Waals surface area (Å²) in [5.41, 5.74) is 2.20. The van der Waals surface area contributed by atoms with Crippen LogP contribution in [0.15, 0.2) is 53.5 Å². The molecule has 0 unspecified atom stereocenters. The van der Waals surface area contributed by atoms with Crippen molar-refractivity contribution in [3.05, 3.63) is 59.1 Å². The number of halogens is 1. The average molecular weight is 303 g/mol. The van der Waals surface area contributed by atoms with E-state index >= 15 is 0 Å². The van der Waals surface area contributed by atoms with Gasteiger partial charge in [-0.25, -0.2) is 9.97 Å². The fourth-order valence-corrected chi connectivity index (χ4v) is 2.10. The zero-order valence-corrected chi connectivity index (χ0v) is 11.1. The van der Waals surface area contributed by atoms with E-state index in [1.54, 1.807) is 12.4 Å². The second kappa shape index (κ2) is 4.78. The molecule has 0 aliphatic heterocycles. The van der Waals surface area contributed by atoms with Crippen LogP contribution in [0.3, 0.4) is 0 Å². The number of nitrogens with one attached hydrogen (secondary N) is 1. The number of rotatable bonds is 3. The molecule has 0 saturated heterocycles. The normalized spacial score (nSPS) is 10.7. The maximum Gasteiger partial charge on any atom is 0.234 e. The van der Waals surface area contributed by atoms with E-state index in [0.717, 1.165) is 16.8 Å². The Labute approximate surface area is 113 Å². The maximum absolute atomic E-state index is 4.27. The molecule has 0 spiro atoms. The summed E-state index contributed by atoms with van der Waals surface area (Å²) in [6.07, 6.45) is 5.50. The number of imidazole rings is 1. The van der Waals surface area contributed by atoms with Gasteiger partial charge >= 0.3 is 0 Å². The first-order chi connectivity index (χ1) is 8.83. The second-order valence-corrected chi connectivity index (χ2v) is 4.75. The lowest BCUT2D eigenvalue weighted by molar-refractivity contribution is 1.06. The van der Waals surface area contributed by atoms with Gasteiger partial charge in [-0.3, -0.25) is 4.40 Å². The van der Waals surface area contributed by atoms with E-state index < -0.39 is 0 Å². The zero-order chi connectivity index (χ0) is 12.4. The van der Waals surface area contributed by atoms with Crippen LogP contribution < -0.4 is 5.32 Å². The lowest BCUT2D eigenvalue weighted by Gasteiger charge is -2.06. The van der Waals surface area contributed by atoms with E-state index in [9.17, 15) is 0 Å². The van der Waals surface area contributed by atoms with Crippen LogP contribution in [0.5, 0.6) is 0 Å². The zero-order valence-electron chi connectivity index (χ0n) is 9.55. The molecule has 5 heteroatoms. The highest BCUT2D eigenvalue weighted by atomic mass is 79.9. The quantitative estimate of drug-likeness (QED) is 0.808. The standard InChI is InChI=1S/C13H11BrN4/c14-12-8-17-13-16-7-11(9-18(12)13)15-6-10-4-2-1-3-5-10/h1-5,7-9,15H,6H2. The van der Waals surface area contributed by atoms with Crippen molar-refractivity contribution >= 4 is 27.4 Å². The van der Waals surface area contributed by atoms with Crippen molar-refractivity contribution in [1.29, 1.82) is 0 Å². The highest BCUT2D eigenvalue weighted by Crippen LogP contribution is 2.15.